The Hall–Kier alpha value is -4.33. The quantitative estimate of drug-likeness (QED) is 0.172. The highest BCUT2D eigenvalue weighted by molar-refractivity contribution is 7.87. The lowest BCUT2D eigenvalue weighted by molar-refractivity contribution is 0.100. The first-order valence-corrected chi connectivity index (χ1v) is 14.4. The Morgan fingerprint density at radius 1 is 0.579 bits per heavy atom. The van der Waals surface area contributed by atoms with Crippen molar-refractivity contribution in [2.75, 3.05) is 0 Å². The zero-order valence-electron chi connectivity index (χ0n) is 21.5. The summed E-state index contributed by atoms with van der Waals surface area (Å²) >= 11 is 0. The third-order valence-corrected chi connectivity index (χ3v) is 10.2. The Balaban J connectivity index is 1.75. The van der Waals surface area contributed by atoms with E-state index in [1.807, 2.05) is 80.6 Å². The van der Waals surface area contributed by atoms with Crippen LogP contribution in [0.3, 0.4) is 0 Å². The van der Waals surface area contributed by atoms with Crippen molar-refractivity contribution in [3.8, 4) is 0 Å². The van der Waals surface area contributed by atoms with Gasteiger partial charge in [-0.05, 0) is 31.5 Å². The number of carbonyl (C=O) groups is 1. The minimum Gasteiger partial charge on any atom is -0.267 e. The molecular formula is C34H29N2OP. The van der Waals surface area contributed by atoms with Gasteiger partial charge in [0.1, 0.15) is 0 Å². The van der Waals surface area contributed by atoms with E-state index >= 15 is 0 Å². The Kier molecular flexibility index (Phi) is 7.58. The Morgan fingerprint density at radius 2 is 1.03 bits per heavy atom. The van der Waals surface area contributed by atoms with E-state index in [1.165, 1.54) is 5.56 Å². The molecule has 0 atom stereocenters. The van der Waals surface area contributed by atoms with Crippen LogP contribution in [0.1, 0.15) is 28.4 Å². The van der Waals surface area contributed by atoms with Crippen LogP contribution in [0.4, 0.5) is 5.69 Å². The van der Waals surface area contributed by atoms with Gasteiger partial charge < -0.3 is 0 Å². The van der Waals surface area contributed by atoms with Crippen molar-refractivity contribution in [2.45, 2.75) is 13.8 Å². The monoisotopic (exact) mass is 512 g/mol. The SMILES string of the molecule is CC(=NC(=O)c1ccccc1N=P(c1ccccc1)(c1ccccc1)c1ccccc1)c1ccc(C)cc1. The molecule has 5 aromatic rings. The molecule has 0 N–H and O–H groups in total. The molecule has 0 aliphatic heterocycles. The van der Waals surface area contributed by atoms with Gasteiger partial charge in [0.2, 0.25) is 0 Å². The van der Waals surface area contributed by atoms with Crippen LogP contribution in [0.15, 0.2) is 149 Å². The number of amides is 1. The number of rotatable bonds is 6. The van der Waals surface area contributed by atoms with Gasteiger partial charge in [-0.1, -0.05) is 133 Å². The lowest BCUT2D eigenvalue weighted by atomic mass is 10.1. The summed E-state index contributed by atoms with van der Waals surface area (Å²) in [5.74, 6) is -0.297. The van der Waals surface area contributed by atoms with E-state index in [1.54, 1.807) is 0 Å². The zero-order chi connectivity index (χ0) is 26.4. The topological polar surface area (TPSA) is 41.8 Å². The summed E-state index contributed by atoms with van der Waals surface area (Å²) in [6.45, 7) is 3.91. The minimum atomic E-state index is -2.52. The Bertz CT molecular complexity index is 1520. The van der Waals surface area contributed by atoms with Crippen LogP contribution in [0.5, 0.6) is 0 Å². The predicted molar refractivity (Wildman–Crippen MR) is 161 cm³/mol. The number of hydrogen-bond acceptors (Lipinski definition) is 2. The van der Waals surface area contributed by atoms with Crippen LogP contribution in [0, 0.1) is 6.92 Å². The molecule has 5 aromatic carbocycles. The maximum atomic E-state index is 13.6. The molecule has 0 fully saturated rings. The van der Waals surface area contributed by atoms with Crippen molar-refractivity contribution in [3.63, 3.8) is 0 Å². The summed E-state index contributed by atoms with van der Waals surface area (Å²) in [7, 11) is -2.52. The number of nitrogens with zero attached hydrogens (tertiary/aromatic N) is 2. The Morgan fingerprint density at radius 3 is 1.53 bits per heavy atom. The van der Waals surface area contributed by atoms with Crippen LogP contribution in [-0.4, -0.2) is 11.6 Å². The lowest BCUT2D eigenvalue weighted by Crippen LogP contribution is -2.25. The van der Waals surface area contributed by atoms with Crippen molar-refractivity contribution in [1.29, 1.82) is 0 Å². The van der Waals surface area contributed by atoms with E-state index in [-0.39, 0.29) is 5.91 Å². The summed E-state index contributed by atoms with van der Waals surface area (Å²) in [4.78, 5) is 18.1. The molecule has 3 nitrogen and oxygen atoms in total. The van der Waals surface area contributed by atoms with Crippen LogP contribution in [0.2, 0.25) is 0 Å². The maximum Gasteiger partial charge on any atom is 0.279 e. The number of carbonyl (C=O) groups excluding carboxylic acids is 1. The summed E-state index contributed by atoms with van der Waals surface area (Å²) in [5, 5.41) is 3.37. The van der Waals surface area contributed by atoms with Crippen LogP contribution in [-0.2, 0) is 0 Å². The first kappa shape index (κ1) is 25.3. The average Bonchev–Trinajstić information content (AvgIpc) is 2.98. The molecule has 0 unspecified atom stereocenters. The number of hydrogen-bond donors (Lipinski definition) is 0. The number of aryl methyl sites for hydroxylation is 1. The fourth-order valence-corrected chi connectivity index (χ4v) is 8.08. The van der Waals surface area contributed by atoms with E-state index in [9.17, 15) is 4.79 Å². The highest BCUT2D eigenvalue weighted by Crippen LogP contribution is 2.49. The van der Waals surface area contributed by atoms with Gasteiger partial charge in [0.05, 0.1) is 18.3 Å². The highest BCUT2D eigenvalue weighted by atomic mass is 31.2. The average molecular weight is 513 g/mol. The first-order chi connectivity index (χ1) is 18.6. The molecule has 0 spiro atoms. The van der Waals surface area contributed by atoms with Crippen molar-refractivity contribution >= 4 is 40.3 Å². The normalized spacial score (nSPS) is 11.7. The van der Waals surface area contributed by atoms with Gasteiger partial charge in [0.25, 0.3) is 5.91 Å². The van der Waals surface area contributed by atoms with Gasteiger partial charge in [-0.15, -0.1) is 0 Å². The summed E-state index contributed by atoms with van der Waals surface area (Å²) in [6.07, 6.45) is 0. The van der Waals surface area contributed by atoms with Gasteiger partial charge in [0, 0.05) is 21.6 Å². The third-order valence-electron chi connectivity index (χ3n) is 6.52. The van der Waals surface area contributed by atoms with Gasteiger partial charge >= 0.3 is 0 Å². The highest BCUT2D eigenvalue weighted by Gasteiger charge is 2.28. The second-order valence-electron chi connectivity index (χ2n) is 9.13. The molecule has 5 rings (SSSR count). The third kappa shape index (κ3) is 5.20. The molecule has 0 radical (unpaired) electrons. The molecule has 0 aliphatic carbocycles. The summed E-state index contributed by atoms with van der Waals surface area (Å²) in [5.41, 5.74) is 3.91. The molecule has 0 saturated heterocycles. The second kappa shape index (κ2) is 11.4. The van der Waals surface area contributed by atoms with Gasteiger partial charge in [-0.3, -0.25) is 9.54 Å². The fourth-order valence-electron chi connectivity index (χ4n) is 4.53. The first-order valence-electron chi connectivity index (χ1n) is 12.6. The van der Waals surface area contributed by atoms with E-state index in [4.69, 9.17) is 4.74 Å². The van der Waals surface area contributed by atoms with Crippen molar-refractivity contribution in [2.24, 2.45) is 9.74 Å². The zero-order valence-corrected chi connectivity index (χ0v) is 22.4. The van der Waals surface area contributed by atoms with E-state index in [0.717, 1.165) is 21.5 Å². The van der Waals surface area contributed by atoms with E-state index in [0.29, 0.717) is 17.0 Å². The fraction of sp³-hybridized carbons (Fsp3) is 0.0588. The van der Waals surface area contributed by atoms with Crippen molar-refractivity contribution in [3.05, 3.63) is 156 Å². The molecular weight excluding hydrogens is 483 g/mol. The van der Waals surface area contributed by atoms with Gasteiger partial charge in [0.15, 0.2) is 0 Å². The van der Waals surface area contributed by atoms with Crippen molar-refractivity contribution in [1.82, 2.24) is 0 Å². The molecule has 0 saturated carbocycles. The largest absolute Gasteiger partial charge is 0.279 e. The van der Waals surface area contributed by atoms with E-state index < -0.39 is 7.05 Å². The smallest absolute Gasteiger partial charge is 0.267 e. The molecule has 0 bridgehead atoms. The lowest BCUT2D eigenvalue weighted by Gasteiger charge is -2.27. The van der Waals surface area contributed by atoms with Crippen LogP contribution >= 0.6 is 7.05 Å². The molecule has 38 heavy (non-hydrogen) atoms. The number of aliphatic imine (C=N–C) groups is 1. The molecule has 0 aliphatic rings. The van der Waals surface area contributed by atoms with E-state index in [2.05, 4.69) is 77.8 Å². The molecule has 1 amide bonds. The molecule has 186 valence electrons. The van der Waals surface area contributed by atoms with Crippen molar-refractivity contribution < 1.29 is 4.79 Å². The van der Waals surface area contributed by atoms with Crippen LogP contribution in [0.25, 0.3) is 0 Å². The second-order valence-corrected chi connectivity index (χ2v) is 12.1. The van der Waals surface area contributed by atoms with Gasteiger partial charge in [-0.25, -0.2) is 4.99 Å². The molecule has 4 heteroatoms. The standard InChI is InChI=1S/C34H29N2OP/c1-26-22-24-28(25-23-26)27(2)35-34(37)32-20-12-13-21-33(32)36-38(29-14-6-3-7-15-29,30-16-8-4-9-17-30)31-18-10-5-11-19-31/h3-25H,1-2H3. The summed E-state index contributed by atoms with van der Waals surface area (Å²) < 4.78 is 5.53. The Labute approximate surface area is 224 Å². The van der Waals surface area contributed by atoms with Gasteiger partial charge in [-0.2, -0.15) is 0 Å². The summed E-state index contributed by atoms with van der Waals surface area (Å²) in [6, 6.07) is 46.8. The molecule has 0 heterocycles. The minimum absolute atomic E-state index is 0.297. The maximum absolute atomic E-state index is 13.6. The molecule has 0 aromatic heterocycles. The van der Waals surface area contributed by atoms with Crippen LogP contribution < -0.4 is 15.9 Å². The predicted octanol–water partition coefficient (Wildman–Crippen LogP) is 7.45. The number of benzene rings is 5.